The van der Waals surface area contributed by atoms with Crippen molar-refractivity contribution in [1.29, 1.82) is 0 Å². The Morgan fingerprint density at radius 3 is 2.62 bits per heavy atom. The lowest BCUT2D eigenvalue weighted by Gasteiger charge is -2.25. The van der Waals surface area contributed by atoms with E-state index in [1.54, 1.807) is 6.20 Å². The molecule has 0 aromatic carbocycles. The van der Waals surface area contributed by atoms with Gasteiger partial charge in [0.2, 0.25) is 0 Å². The molecule has 0 radical (unpaired) electrons. The summed E-state index contributed by atoms with van der Waals surface area (Å²) in [6.07, 6.45) is 1.67. The summed E-state index contributed by atoms with van der Waals surface area (Å²) in [7, 11) is 0. The molecule has 0 atom stereocenters. The van der Waals surface area contributed by atoms with Gasteiger partial charge in [-0.1, -0.05) is 11.6 Å². The molecular formula is C10H12Cl3N3. The number of hydrogen-bond acceptors (Lipinski definition) is 2. The first-order valence-electron chi connectivity index (χ1n) is 4.68. The van der Waals surface area contributed by atoms with Crippen molar-refractivity contribution in [2.45, 2.75) is 5.92 Å². The molecule has 1 fully saturated rings. The maximum Gasteiger partial charge on any atom is 0.137 e. The molecule has 1 aliphatic heterocycles. The van der Waals surface area contributed by atoms with Gasteiger partial charge in [-0.3, -0.25) is 0 Å². The van der Waals surface area contributed by atoms with Gasteiger partial charge in [-0.25, -0.2) is 4.98 Å². The zero-order valence-corrected chi connectivity index (χ0v) is 10.8. The normalized spacial score (nSPS) is 15.1. The fourth-order valence-corrected chi connectivity index (χ4v) is 1.90. The summed E-state index contributed by atoms with van der Waals surface area (Å²) < 4.78 is 0. The van der Waals surface area contributed by atoms with Crippen LogP contribution < -0.4 is 5.32 Å². The second kappa shape index (κ2) is 5.23. The average molecular weight is 281 g/mol. The van der Waals surface area contributed by atoms with E-state index in [0.29, 0.717) is 10.9 Å². The van der Waals surface area contributed by atoms with Crippen LogP contribution in [0.25, 0.3) is 11.0 Å². The van der Waals surface area contributed by atoms with E-state index in [1.165, 1.54) is 5.69 Å². The van der Waals surface area contributed by atoms with Crippen molar-refractivity contribution in [3.63, 3.8) is 0 Å². The third-order valence-corrected chi connectivity index (χ3v) is 2.89. The zero-order valence-electron chi connectivity index (χ0n) is 8.37. The Hall–Kier alpha value is -0.480. The maximum absolute atomic E-state index is 5.87. The summed E-state index contributed by atoms with van der Waals surface area (Å²) in [6.45, 7) is 2.11. The van der Waals surface area contributed by atoms with Gasteiger partial charge in [0.25, 0.3) is 0 Å². The quantitative estimate of drug-likeness (QED) is 0.843. The molecule has 2 aromatic heterocycles. The average Bonchev–Trinajstić information content (AvgIpc) is 2.43. The van der Waals surface area contributed by atoms with Gasteiger partial charge in [0.1, 0.15) is 5.65 Å². The topological polar surface area (TPSA) is 40.7 Å². The lowest BCUT2D eigenvalue weighted by atomic mass is 10.00. The number of rotatable bonds is 1. The molecule has 3 heterocycles. The number of H-pyrrole nitrogens is 1. The molecule has 16 heavy (non-hydrogen) atoms. The highest BCUT2D eigenvalue weighted by molar-refractivity contribution is 6.31. The van der Waals surface area contributed by atoms with Gasteiger partial charge in [-0.15, -0.1) is 24.8 Å². The SMILES string of the molecule is Cl.Cl.Clc1cnc2[nH]c(C3CNC3)cc2c1. The van der Waals surface area contributed by atoms with Crippen LogP contribution in [-0.2, 0) is 0 Å². The van der Waals surface area contributed by atoms with E-state index >= 15 is 0 Å². The fraction of sp³-hybridized carbons (Fsp3) is 0.300. The van der Waals surface area contributed by atoms with Crippen molar-refractivity contribution in [3.8, 4) is 0 Å². The number of aromatic nitrogens is 2. The van der Waals surface area contributed by atoms with Gasteiger partial charge in [0.05, 0.1) is 5.02 Å². The van der Waals surface area contributed by atoms with Crippen LogP contribution in [0.2, 0.25) is 5.02 Å². The molecule has 3 rings (SSSR count). The van der Waals surface area contributed by atoms with Crippen molar-refractivity contribution in [2.24, 2.45) is 0 Å². The molecule has 1 aliphatic rings. The lowest BCUT2D eigenvalue weighted by Crippen LogP contribution is -2.40. The number of nitrogens with one attached hydrogen (secondary N) is 2. The van der Waals surface area contributed by atoms with Gasteiger partial charge in [-0.2, -0.15) is 0 Å². The van der Waals surface area contributed by atoms with E-state index in [0.717, 1.165) is 24.1 Å². The first-order chi connectivity index (χ1) is 6.83. The highest BCUT2D eigenvalue weighted by Gasteiger charge is 2.20. The summed E-state index contributed by atoms with van der Waals surface area (Å²) in [5.41, 5.74) is 2.19. The van der Waals surface area contributed by atoms with Crippen LogP contribution >= 0.6 is 36.4 Å². The summed E-state index contributed by atoms with van der Waals surface area (Å²) in [5.74, 6) is 0.614. The van der Waals surface area contributed by atoms with Crippen molar-refractivity contribution in [2.75, 3.05) is 13.1 Å². The Morgan fingerprint density at radius 2 is 2.00 bits per heavy atom. The van der Waals surface area contributed by atoms with Crippen molar-refractivity contribution >= 4 is 47.4 Å². The van der Waals surface area contributed by atoms with Gasteiger partial charge in [-0.05, 0) is 12.1 Å². The standard InChI is InChI=1S/C10H10ClN3.2ClH/c11-8-1-6-2-9(7-3-12-4-7)14-10(6)13-5-8;;/h1-2,5,7,12H,3-4H2,(H,13,14);2*1H. The molecule has 1 saturated heterocycles. The van der Waals surface area contributed by atoms with Crippen molar-refractivity contribution in [3.05, 3.63) is 29.0 Å². The van der Waals surface area contributed by atoms with Gasteiger partial charge >= 0.3 is 0 Å². The Balaban J connectivity index is 0.000000640. The van der Waals surface area contributed by atoms with Crippen LogP contribution in [0.3, 0.4) is 0 Å². The van der Waals surface area contributed by atoms with E-state index in [9.17, 15) is 0 Å². The third kappa shape index (κ3) is 2.28. The highest BCUT2D eigenvalue weighted by atomic mass is 35.5. The minimum absolute atomic E-state index is 0. The van der Waals surface area contributed by atoms with Crippen LogP contribution in [0.4, 0.5) is 0 Å². The maximum atomic E-state index is 5.87. The molecule has 0 unspecified atom stereocenters. The first-order valence-corrected chi connectivity index (χ1v) is 5.05. The molecule has 2 N–H and O–H groups in total. The van der Waals surface area contributed by atoms with Gasteiger partial charge < -0.3 is 10.3 Å². The van der Waals surface area contributed by atoms with E-state index in [-0.39, 0.29) is 24.8 Å². The van der Waals surface area contributed by atoms with Gasteiger partial charge in [0, 0.05) is 36.3 Å². The van der Waals surface area contributed by atoms with Crippen LogP contribution in [-0.4, -0.2) is 23.1 Å². The Bertz CT molecular complexity index is 479. The smallest absolute Gasteiger partial charge is 0.137 e. The molecule has 2 aromatic rings. The predicted octanol–water partition coefficient (Wildman–Crippen LogP) is 2.75. The van der Waals surface area contributed by atoms with Crippen molar-refractivity contribution in [1.82, 2.24) is 15.3 Å². The second-order valence-electron chi connectivity index (χ2n) is 3.67. The predicted molar refractivity (Wildman–Crippen MR) is 71.2 cm³/mol. The van der Waals surface area contributed by atoms with Crippen molar-refractivity contribution < 1.29 is 0 Å². The van der Waals surface area contributed by atoms with Crippen LogP contribution in [0, 0.1) is 0 Å². The molecule has 0 aliphatic carbocycles. The minimum Gasteiger partial charge on any atom is -0.343 e. The largest absolute Gasteiger partial charge is 0.343 e. The number of nitrogens with zero attached hydrogens (tertiary/aromatic N) is 1. The van der Waals surface area contributed by atoms with E-state index in [4.69, 9.17) is 11.6 Å². The molecule has 0 amide bonds. The molecule has 88 valence electrons. The van der Waals surface area contributed by atoms with E-state index < -0.39 is 0 Å². The number of fused-ring (bicyclic) bond motifs is 1. The van der Waals surface area contributed by atoms with E-state index in [1.807, 2.05) is 6.07 Å². The zero-order chi connectivity index (χ0) is 9.54. The minimum atomic E-state index is 0. The fourth-order valence-electron chi connectivity index (χ4n) is 1.74. The number of halogens is 3. The van der Waals surface area contributed by atoms with Crippen LogP contribution in [0.1, 0.15) is 11.6 Å². The Morgan fingerprint density at radius 1 is 1.25 bits per heavy atom. The van der Waals surface area contributed by atoms with Crippen LogP contribution in [0.5, 0.6) is 0 Å². The summed E-state index contributed by atoms with van der Waals surface area (Å²) in [6, 6.07) is 4.08. The molecular weight excluding hydrogens is 268 g/mol. The van der Waals surface area contributed by atoms with Crippen LogP contribution in [0.15, 0.2) is 18.3 Å². The Labute approximate surface area is 111 Å². The second-order valence-corrected chi connectivity index (χ2v) is 4.11. The van der Waals surface area contributed by atoms with Gasteiger partial charge in [0.15, 0.2) is 0 Å². The summed E-state index contributed by atoms with van der Waals surface area (Å²) in [4.78, 5) is 7.55. The monoisotopic (exact) mass is 279 g/mol. The summed E-state index contributed by atoms with van der Waals surface area (Å²) in [5, 5.41) is 5.04. The first kappa shape index (κ1) is 13.6. The third-order valence-electron chi connectivity index (χ3n) is 2.68. The number of pyridine rings is 1. The summed E-state index contributed by atoms with van der Waals surface area (Å²) >= 11 is 5.87. The molecule has 0 bridgehead atoms. The molecule has 6 heteroatoms. The Kier molecular flexibility index (Phi) is 4.44. The number of aromatic amines is 1. The molecule has 3 nitrogen and oxygen atoms in total. The molecule has 0 spiro atoms. The van der Waals surface area contributed by atoms with E-state index in [2.05, 4.69) is 21.4 Å². The molecule has 0 saturated carbocycles. The number of hydrogen-bond donors (Lipinski definition) is 2. The lowest BCUT2D eigenvalue weighted by molar-refractivity contribution is 0.442. The highest BCUT2D eigenvalue weighted by Crippen LogP contribution is 2.24.